The highest BCUT2D eigenvalue weighted by atomic mass is 16.2. The standard InChI is InChI=1S/C22H25N3O2/c1-3-4-5-12-24-21(26)19-14-18-7-6-13-23-20(18)25(22(19)27)15-17-10-8-16(2)9-11-17/h6-11,13-14H,3-5,12,15H2,1-2H3,(H,24,26). The fourth-order valence-corrected chi connectivity index (χ4v) is 3.06. The van der Waals surface area contributed by atoms with Crippen molar-refractivity contribution in [2.75, 3.05) is 6.54 Å². The summed E-state index contributed by atoms with van der Waals surface area (Å²) in [6, 6.07) is 13.3. The van der Waals surface area contributed by atoms with Crippen LogP contribution in [0, 0.1) is 6.92 Å². The Morgan fingerprint density at radius 2 is 1.93 bits per heavy atom. The predicted octanol–water partition coefficient (Wildman–Crippen LogP) is 3.67. The average Bonchev–Trinajstić information content (AvgIpc) is 2.68. The molecular formula is C22H25N3O2. The molecule has 0 saturated heterocycles. The Bertz CT molecular complexity index is 991. The van der Waals surface area contributed by atoms with Gasteiger partial charge in [-0.05, 0) is 37.1 Å². The second-order valence-corrected chi connectivity index (χ2v) is 6.81. The van der Waals surface area contributed by atoms with Gasteiger partial charge in [0.25, 0.3) is 11.5 Å². The fourth-order valence-electron chi connectivity index (χ4n) is 3.06. The summed E-state index contributed by atoms with van der Waals surface area (Å²) in [5.41, 5.74) is 2.60. The van der Waals surface area contributed by atoms with E-state index in [4.69, 9.17) is 0 Å². The van der Waals surface area contributed by atoms with E-state index in [9.17, 15) is 9.59 Å². The quantitative estimate of drug-likeness (QED) is 0.652. The predicted molar refractivity (Wildman–Crippen MR) is 108 cm³/mol. The van der Waals surface area contributed by atoms with E-state index in [-0.39, 0.29) is 17.0 Å². The minimum absolute atomic E-state index is 0.166. The number of aryl methyl sites for hydroxylation is 1. The zero-order valence-corrected chi connectivity index (χ0v) is 15.9. The molecule has 0 bridgehead atoms. The molecule has 3 rings (SSSR count). The maximum absolute atomic E-state index is 13.0. The molecule has 0 atom stereocenters. The van der Waals surface area contributed by atoms with Gasteiger partial charge >= 0.3 is 0 Å². The topological polar surface area (TPSA) is 64.0 Å². The van der Waals surface area contributed by atoms with E-state index in [2.05, 4.69) is 17.2 Å². The Kier molecular flexibility index (Phi) is 6.01. The van der Waals surface area contributed by atoms with Crippen molar-refractivity contribution in [3.8, 4) is 0 Å². The van der Waals surface area contributed by atoms with Crippen molar-refractivity contribution in [3.05, 3.63) is 75.7 Å². The van der Waals surface area contributed by atoms with Crippen LogP contribution in [0.25, 0.3) is 11.0 Å². The van der Waals surface area contributed by atoms with Gasteiger partial charge in [-0.25, -0.2) is 4.98 Å². The molecule has 0 saturated carbocycles. The molecular weight excluding hydrogens is 338 g/mol. The maximum atomic E-state index is 13.0. The van der Waals surface area contributed by atoms with Crippen LogP contribution in [0.5, 0.6) is 0 Å². The third-order valence-corrected chi connectivity index (χ3v) is 4.62. The maximum Gasteiger partial charge on any atom is 0.265 e. The van der Waals surface area contributed by atoms with Gasteiger partial charge in [0.05, 0.1) is 6.54 Å². The molecule has 5 heteroatoms. The van der Waals surface area contributed by atoms with Gasteiger partial charge in [-0.15, -0.1) is 0 Å². The van der Waals surface area contributed by atoms with Crippen LogP contribution in [-0.2, 0) is 6.54 Å². The lowest BCUT2D eigenvalue weighted by atomic mass is 10.1. The summed E-state index contributed by atoms with van der Waals surface area (Å²) in [5, 5.41) is 3.65. The third-order valence-electron chi connectivity index (χ3n) is 4.62. The molecule has 3 aromatic rings. The summed E-state index contributed by atoms with van der Waals surface area (Å²) >= 11 is 0. The zero-order chi connectivity index (χ0) is 19.2. The third kappa shape index (κ3) is 4.42. The van der Waals surface area contributed by atoms with Gasteiger partial charge in [-0.3, -0.25) is 14.2 Å². The molecule has 2 heterocycles. The number of carbonyl (C=O) groups is 1. The first-order valence-corrected chi connectivity index (χ1v) is 9.42. The number of hydrogen-bond acceptors (Lipinski definition) is 3. The molecule has 0 aliphatic heterocycles. The van der Waals surface area contributed by atoms with E-state index >= 15 is 0 Å². The summed E-state index contributed by atoms with van der Waals surface area (Å²) in [4.78, 5) is 30.0. The van der Waals surface area contributed by atoms with E-state index in [1.807, 2.05) is 43.3 Å². The second-order valence-electron chi connectivity index (χ2n) is 6.81. The van der Waals surface area contributed by atoms with Crippen molar-refractivity contribution in [1.29, 1.82) is 0 Å². The number of fused-ring (bicyclic) bond motifs is 1. The monoisotopic (exact) mass is 363 g/mol. The number of nitrogens with one attached hydrogen (secondary N) is 1. The largest absolute Gasteiger partial charge is 0.352 e. The molecule has 1 N–H and O–H groups in total. The summed E-state index contributed by atoms with van der Waals surface area (Å²) in [6.07, 6.45) is 4.72. The summed E-state index contributed by atoms with van der Waals surface area (Å²) in [6.45, 7) is 5.09. The van der Waals surface area contributed by atoms with Crippen LogP contribution in [0.1, 0.15) is 47.7 Å². The van der Waals surface area contributed by atoms with Crippen LogP contribution in [0.2, 0.25) is 0 Å². The van der Waals surface area contributed by atoms with Gasteiger partial charge < -0.3 is 5.32 Å². The van der Waals surface area contributed by atoms with Crippen molar-refractivity contribution >= 4 is 16.9 Å². The van der Waals surface area contributed by atoms with Crippen LogP contribution >= 0.6 is 0 Å². The number of unbranched alkanes of at least 4 members (excludes halogenated alkanes) is 2. The number of rotatable bonds is 7. The van der Waals surface area contributed by atoms with Crippen molar-refractivity contribution < 1.29 is 4.79 Å². The molecule has 1 aromatic carbocycles. The highest BCUT2D eigenvalue weighted by Gasteiger charge is 2.16. The molecule has 2 aromatic heterocycles. The minimum Gasteiger partial charge on any atom is -0.352 e. The molecule has 5 nitrogen and oxygen atoms in total. The lowest BCUT2D eigenvalue weighted by Crippen LogP contribution is -2.34. The SMILES string of the molecule is CCCCCNC(=O)c1cc2cccnc2n(Cc2ccc(C)cc2)c1=O. The molecule has 140 valence electrons. The van der Waals surface area contributed by atoms with Crippen molar-refractivity contribution in [2.45, 2.75) is 39.7 Å². The van der Waals surface area contributed by atoms with Gasteiger partial charge in [-0.2, -0.15) is 0 Å². The van der Waals surface area contributed by atoms with E-state index in [0.717, 1.165) is 35.8 Å². The molecule has 0 spiro atoms. The first kappa shape index (κ1) is 18.8. The molecule has 27 heavy (non-hydrogen) atoms. The highest BCUT2D eigenvalue weighted by Crippen LogP contribution is 2.13. The summed E-state index contributed by atoms with van der Waals surface area (Å²) < 4.78 is 1.58. The number of nitrogens with zero attached hydrogens (tertiary/aromatic N) is 2. The highest BCUT2D eigenvalue weighted by molar-refractivity contribution is 5.96. The van der Waals surface area contributed by atoms with Gasteiger partial charge in [0.2, 0.25) is 0 Å². The number of amides is 1. The molecule has 0 fully saturated rings. The lowest BCUT2D eigenvalue weighted by molar-refractivity contribution is 0.0951. The normalized spacial score (nSPS) is 10.9. The Morgan fingerprint density at radius 3 is 2.67 bits per heavy atom. The Balaban J connectivity index is 1.98. The van der Waals surface area contributed by atoms with Crippen LogP contribution in [-0.4, -0.2) is 22.0 Å². The van der Waals surface area contributed by atoms with Crippen molar-refractivity contribution in [3.63, 3.8) is 0 Å². The number of hydrogen-bond donors (Lipinski definition) is 1. The first-order chi connectivity index (χ1) is 13.1. The van der Waals surface area contributed by atoms with Gasteiger partial charge in [0, 0.05) is 18.1 Å². The number of aromatic nitrogens is 2. The Labute approximate surface area is 159 Å². The first-order valence-electron chi connectivity index (χ1n) is 9.42. The summed E-state index contributed by atoms with van der Waals surface area (Å²) in [7, 11) is 0. The number of carbonyl (C=O) groups excluding carboxylic acids is 1. The number of pyridine rings is 2. The molecule has 0 unspecified atom stereocenters. The molecule has 1 amide bonds. The molecule has 0 aliphatic rings. The van der Waals surface area contributed by atoms with E-state index in [1.165, 1.54) is 0 Å². The molecule has 0 radical (unpaired) electrons. The van der Waals surface area contributed by atoms with E-state index < -0.39 is 0 Å². The van der Waals surface area contributed by atoms with Gasteiger partial charge in [0.15, 0.2) is 0 Å². The van der Waals surface area contributed by atoms with E-state index in [0.29, 0.717) is 18.7 Å². The van der Waals surface area contributed by atoms with Crippen LogP contribution in [0.3, 0.4) is 0 Å². The zero-order valence-electron chi connectivity index (χ0n) is 15.9. The average molecular weight is 363 g/mol. The Hall–Kier alpha value is -2.95. The Morgan fingerprint density at radius 1 is 1.15 bits per heavy atom. The van der Waals surface area contributed by atoms with Crippen molar-refractivity contribution in [2.24, 2.45) is 0 Å². The minimum atomic E-state index is -0.320. The fraction of sp³-hybridized carbons (Fsp3) is 0.318. The van der Waals surface area contributed by atoms with Gasteiger partial charge in [-0.1, -0.05) is 49.6 Å². The number of benzene rings is 1. The summed E-state index contributed by atoms with van der Waals surface area (Å²) in [5.74, 6) is -0.320. The van der Waals surface area contributed by atoms with Crippen LogP contribution in [0.4, 0.5) is 0 Å². The van der Waals surface area contributed by atoms with Crippen LogP contribution < -0.4 is 10.9 Å². The van der Waals surface area contributed by atoms with Crippen molar-refractivity contribution in [1.82, 2.24) is 14.9 Å². The van der Waals surface area contributed by atoms with E-state index in [1.54, 1.807) is 16.8 Å². The van der Waals surface area contributed by atoms with Crippen LogP contribution in [0.15, 0.2) is 53.5 Å². The molecule has 0 aliphatic carbocycles. The van der Waals surface area contributed by atoms with Gasteiger partial charge in [0.1, 0.15) is 11.2 Å². The second kappa shape index (κ2) is 8.62. The smallest absolute Gasteiger partial charge is 0.265 e. The lowest BCUT2D eigenvalue weighted by Gasteiger charge is -2.12.